The summed E-state index contributed by atoms with van der Waals surface area (Å²) < 4.78 is 5.38. The van der Waals surface area contributed by atoms with E-state index >= 15 is 0 Å². The largest absolute Gasteiger partial charge is 0.377 e. The maximum Gasteiger partial charge on any atom is 0.128 e. The van der Waals surface area contributed by atoms with Crippen LogP contribution in [0.3, 0.4) is 0 Å². The van der Waals surface area contributed by atoms with Gasteiger partial charge in [-0.15, -0.1) is 0 Å². The van der Waals surface area contributed by atoms with Crippen molar-refractivity contribution in [3.63, 3.8) is 0 Å². The van der Waals surface area contributed by atoms with E-state index in [1.807, 2.05) is 13.8 Å². The number of hydrogen-bond acceptors (Lipinski definition) is 2. The molecule has 1 saturated heterocycles. The standard InChI is InChI=1S/C8H14O2/c1-8(2,6-9)7-4-3-5-10-7/h6-7H,3-5H2,1-2H3. The van der Waals surface area contributed by atoms with Crippen LogP contribution in [-0.2, 0) is 9.53 Å². The Morgan fingerprint density at radius 1 is 1.60 bits per heavy atom. The van der Waals surface area contributed by atoms with Crippen molar-refractivity contribution in [3.05, 3.63) is 0 Å². The number of carbonyl (C=O) groups is 1. The van der Waals surface area contributed by atoms with Gasteiger partial charge < -0.3 is 9.53 Å². The quantitative estimate of drug-likeness (QED) is 0.544. The highest BCUT2D eigenvalue weighted by atomic mass is 16.5. The number of ether oxygens (including phenoxy) is 1. The van der Waals surface area contributed by atoms with Crippen LogP contribution in [0.2, 0.25) is 0 Å². The van der Waals surface area contributed by atoms with Crippen molar-refractivity contribution in [1.29, 1.82) is 0 Å². The average Bonchev–Trinajstić information content (AvgIpc) is 2.38. The Kier molecular flexibility index (Phi) is 2.09. The van der Waals surface area contributed by atoms with Crippen LogP contribution in [0.15, 0.2) is 0 Å². The minimum absolute atomic E-state index is 0.157. The fourth-order valence-electron chi connectivity index (χ4n) is 1.24. The van der Waals surface area contributed by atoms with Gasteiger partial charge in [0, 0.05) is 12.0 Å². The molecule has 1 heterocycles. The number of rotatable bonds is 2. The molecular weight excluding hydrogens is 128 g/mol. The van der Waals surface area contributed by atoms with Gasteiger partial charge in [-0.2, -0.15) is 0 Å². The summed E-state index contributed by atoms with van der Waals surface area (Å²) in [5.74, 6) is 0. The minimum Gasteiger partial charge on any atom is -0.377 e. The Morgan fingerprint density at radius 3 is 2.70 bits per heavy atom. The van der Waals surface area contributed by atoms with Crippen LogP contribution in [0.5, 0.6) is 0 Å². The zero-order valence-corrected chi connectivity index (χ0v) is 6.59. The van der Waals surface area contributed by atoms with E-state index in [1.165, 1.54) is 0 Å². The Morgan fingerprint density at radius 2 is 2.30 bits per heavy atom. The molecule has 0 aliphatic carbocycles. The van der Waals surface area contributed by atoms with Crippen molar-refractivity contribution < 1.29 is 9.53 Å². The molecule has 10 heavy (non-hydrogen) atoms. The summed E-state index contributed by atoms with van der Waals surface area (Å²) >= 11 is 0. The van der Waals surface area contributed by atoms with Gasteiger partial charge in [-0.3, -0.25) is 0 Å². The van der Waals surface area contributed by atoms with Gasteiger partial charge >= 0.3 is 0 Å². The zero-order chi connectivity index (χ0) is 7.61. The van der Waals surface area contributed by atoms with Gasteiger partial charge in [0.05, 0.1) is 6.10 Å². The molecule has 0 N–H and O–H groups in total. The molecule has 2 nitrogen and oxygen atoms in total. The van der Waals surface area contributed by atoms with E-state index in [4.69, 9.17) is 4.74 Å². The van der Waals surface area contributed by atoms with Crippen LogP contribution in [0.25, 0.3) is 0 Å². The monoisotopic (exact) mass is 142 g/mol. The third-order valence-electron chi connectivity index (χ3n) is 2.06. The van der Waals surface area contributed by atoms with E-state index in [-0.39, 0.29) is 11.5 Å². The molecule has 1 rings (SSSR count). The van der Waals surface area contributed by atoms with Crippen LogP contribution in [0.1, 0.15) is 26.7 Å². The second-order valence-corrected chi connectivity index (χ2v) is 3.44. The zero-order valence-electron chi connectivity index (χ0n) is 6.59. The van der Waals surface area contributed by atoms with Gasteiger partial charge in [0.2, 0.25) is 0 Å². The Labute approximate surface area is 61.6 Å². The molecule has 0 spiro atoms. The van der Waals surface area contributed by atoms with Crippen molar-refractivity contribution >= 4 is 6.29 Å². The Balaban J connectivity index is 2.53. The fourth-order valence-corrected chi connectivity index (χ4v) is 1.24. The van der Waals surface area contributed by atoms with Crippen molar-refractivity contribution in [2.45, 2.75) is 32.8 Å². The molecule has 0 amide bonds. The highest BCUT2D eigenvalue weighted by Crippen LogP contribution is 2.28. The van der Waals surface area contributed by atoms with Crippen LogP contribution in [0.4, 0.5) is 0 Å². The van der Waals surface area contributed by atoms with E-state index < -0.39 is 0 Å². The van der Waals surface area contributed by atoms with Gasteiger partial charge in [0.25, 0.3) is 0 Å². The number of hydrogen-bond donors (Lipinski definition) is 0. The highest BCUT2D eigenvalue weighted by Gasteiger charge is 2.32. The van der Waals surface area contributed by atoms with Crippen LogP contribution >= 0.6 is 0 Å². The summed E-state index contributed by atoms with van der Waals surface area (Å²) in [7, 11) is 0. The third kappa shape index (κ3) is 1.37. The predicted molar refractivity (Wildman–Crippen MR) is 38.8 cm³/mol. The molecule has 0 radical (unpaired) electrons. The lowest BCUT2D eigenvalue weighted by Crippen LogP contribution is -2.29. The Bertz CT molecular complexity index is 123. The van der Waals surface area contributed by atoms with Crippen LogP contribution in [-0.4, -0.2) is 19.0 Å². The fraction of sp³-hybridized carbons (Fsp3) is 0.875. The summed E-state index contributed by atoms with van der Waals surface area (Å²) in [6, 6.07) is 0. The first kappa shape index (κ1) is 7.73. The molecule has 0 aromatic rings. The smallest absolute Gasteiger partial charge is 0.128 e. The normalized spacial score (nSPS) is 26.8. The highest BCUT2D eigenvalue weighted by molar-refractivity contribution is 5.59. The van der Waals surface area contributed by atoms with Gasteiger partial charge in [0.1, 0.15) is 6.29 Å². The lowest BCUT2D eigenvalue weighted by atomic mass is 9.87. The first-order valence-electron chi connectivity index (χ1n) is 3.75. The molecule has 0 aromatic carbocycles. The maximum absolute atomic E-state index is 10.5. The molecule has 1 atom stereocenters. The summed E-state index contributed by atoms with van der Waals surface area (Å²) in [5.41, 5.74) is -0.281. The molecular formula is C8H14O2. The van der Waals surface area contributed by atoms with Gasteiger partial charge in [0.15, 0.2) is 0 Å². The van der Waals surface area contributed by atoms with Crippen molar-refractivity contribution in [3.8, 4) is 0 Å². The van der Waals surface area contributed by atoms with Crippen LogP contribution in [0, 0.1) is 5.41 Å². The maximum atomic E-state index is 10.5. The molecule has 0 aromatic heterocycles. The van der Waals surface area contributed by atoms with Crippen LogP contribution < -0.4 is 0 Å². The number of carbonyl (C=O) groups excluding carboxylic acids is 1. The van der Waals surface area contributed by atoms with E-state index in [0.717, 1.165) is 25.7 Å². The molecule has 1 fully saturated rings. The lowest BCUT2D eigenvalue weighted by Gasteiger charge is -2.23. The van der Waals surface area contributed by atoms with Gasteiger partial charge in [-0.1, -0.05) is 13.8 Å². The number of aldehydes is 1. The Hall–Kier alpha value is -0.370. The first-order valence-corrected chi connectivity index (χ1v) is 3.75. The molecule has 1 aliphatic heterocycles. The topological polar surface area (TPSA) is 26.3 Å². The van der Waals surface area contributed by atoms with Gasteiger partial charge in [-0.05, 0) is 12.8 Å². The first-order chi connectivity index (χ1) is 4.67. The third-order valence-corrected chi connectivity index (χ3v) is 2.06. The van der Waals surface area contributed by atoms with Crippen molar-refractivity contribution in [2.24, 2.45) is 5.41 Å². The molecule has 2 heteroatoms. The van der Waals surface area contributed by atoms with E-state index in [1.54, 1.807) is 0 Å². The summed E-state index contributed by atoms with van der Waals surface area (Å²) in [6.45, 7) is 4.67. The van der Waals surface area contributed by atoms with Crippen molar-refractivity contribution in [2.75, 3.05) is 6.61 Å². The second kappa shape index (κ2) is 2.70. The molecule has 0 bridgehead atoms. The SMILES string of the molecule is CC(C)(C=O)C1CCCO1. The average molecular weight is 142 g/mol. The molecule has 1 aliphatic rings. The van der Waals surface area contributed by atoms with E-state index in [0.29, 0.717) is 0 Å². The lowest BCUT2D eigenvalue weighted by molar-refractivity contribution is -0.120. The van der Waals surface area contributed by atoms with Gasteiger partial charge in [-0.25, -0.2) is 0 Å². The minimum atomic E-state index is -0.281. The van der Waals surface area contributed by atoms with E-state index in [9.17, 15) is 4.79 Å². The molecule has 0 saturated carbocycles. The second-order valence-electron chi connectivity index (χ2n) is 3.44. The van der Waals surface area contributed by atoms with E-state index in [2.05, 4.69) is 0 Å². The summed E-state index contributed by atoms with van der Waals surface area (Å²) in [5, 5.41) is 0. The predicted octanol–water partition coefficient (Wildman–Crippen LogP) is 1.39. The van der Waals surface area contributed by atoms with Crippen molar-refractivity contribution in [1.82, 2.24) is 0 Å². The summed E-state index contributed by atoms with van der Waals surface area (Å²) in [4.78, 5) is 10.5. The molecule has 58 valence electrons. The molecule has 1 unspecified atom stereocenters. The summed E-state index contributed by atoms with van der Waals surface area (Å²) in [6.07, 6.45) is 3.28.